The first-order valence-corrected chi connectivity index (χ1v) is 6.30. The first-order valence-electron chi connectivity index (χ1n) is 5.49. The molecule has 0 atom stereocenters. The second kappa shape index (κ2) is 5.28. The summed E-state index contributed by atoms with van der Waals surface area (Å²) in [6.07, 6.45) is -0.679. The fourth-order valence-electron chi connectivity index (χ4n) is 1.37. The monoisotopic (exact) mass is 281 g/mol. The van der Waals surface area contributed by atoms with Crippen molar-refractivity contribution in [3.05, 3.63) is 16.0 Å². The molecule has 0 saturated heterocycles. The second-order valence-electron chi connectivity index (χ2n) is 4.86. The van der Waals surface area contributed by atoms with E-state index in [1.54, 1.807) is 27.7 Å². The van der Waals surface area contributed by atoms with E-state index in [1.807, 2.05) is 6.07 Å². The van der Waals surface area contributed by atoms with Crippen molar-refractivity contribution in [3.63, 3.8) is 0 Å². The zero-order chi connectivity index (χ0) is 14.8. The molecule has 102 valence electrons. The van der Waals surface area contributed by atoms with Crippen molar-refractivity contribution in [2.45, 2.75) is 33.3 Å². The fourth-order valence-corrected chi connectivity index (χ4v) is 2.36. The standard InChI is InChI=1S/C12H15N3O3S/c1-6-7(5-13)10(19-8(6)9(14)16)15-11(17)18-12(2,3)4/h1-4H3,(H2,14,16)(H,15,17). The number of thiophene rings is 1. The van der Waals surface area contributed by atoms with Crippen molar-refractivity contribution < 1.29 is 14.3 Å². The van der Waals surface area contributed by atoms with Crippen molar-refractivity contribution in [1.29, 1.82) is 5.26 Å². The number of hydrogen-bond donors (Lipinski definition) is 2. The molecule has 1 aromatic rings. The minimum Gasteiger partial charge on any atom is -0.444 e. The highest BCUT2D eigenvalue weighted by atomic mass is 32.1. The number of nitrogens with one attached hydrogen (secondary N) is 1. The third-order valence-corrected chi connectivity index (χ3v) is 3.32. The maximum atomic E-state index is 11.6. The molecule has 1 heterocycles. The van der Waals surface area contributed by atoms with Crippen molar-refractivity contribution in [3.8, 4) is 6.07 Å². The zero-order valence-corrected chi connectivity index (χ0v) is 12.0. The summed E-state index contributed by atoms with van der Waals surface area (Å²) in [5.74, 6) is -0.628. The molecule has 0 aromatic carbocycles. The number of carbonyl (C=O) groups excluding carboxylic acids is 2. The van der Waals surface area contributed by atoms with Crippen LogP contribution in [0.5, 0.6) is 0 Å². The van der Waals surface area contributed by atoms with Crippen LogP contribution in [0, 0.1) is 18.3 Å². The van der Waals surface area contributed by atoms with Gasteiger partial charge >= 0.3 is 6.09 Å². The Morgan fingerprint density at radius 1 is 1.42 bits per heavy atom. The highest BCUT2D eigenvalue weighted by molar-refractivity contribution is 7.18. The molecule has 6 nitrogen and oxygen atoms in total. The topological polar surface area (TPSA) is 105 Å². The molecule has 1 aromatic heterocycles. The number of rotatable bonds is 2. The molecule has 0 fully saturated rings. The van der Waals surface area contributed by atoms with Gasteiger partial charge < -0.3 is 10.5 Å². The lowest BCUT2D eigenvalue weighted by Crippen LogP contribution is -2.27. The quantitative estimate of drug-likeness (QED) is 0.868. The van der Waals surface area contributed by atoms with Crippen LogP contribution >= 0.6 is 11.3 Å². The molecular weight excluding hydrogens is 266 g/mol. The van der Waals surface area contributed by atoms with Crippen LogP contribution < -0.4 is 11.1 Å². The van der Waals surface area contributed by atoms with E-state index >= 15 is 0 Å². The average molecular weight is 281 g/mol. The van der Waals surface area contributed by atoms with Crippen LogP contribution in [0.15, 0.2) is 0 Å². The van der Waals surface area contributed by atoms with Crippen LogP contribution in [0.25, 0.3) is 0 Å². The van der Waals surface area contributed by atoms with Crippen molar-refractivity contribution >= 4 is 28.3 Å². The SMILES string of the molecule is Cc1c(C(N)=O)sc(NC(=O)OC(C)(C)C)c1C#N. The molecule has 0 saturated carbocycles. The third kappa shape index (κ3) is 3.69. The summed E-state index contributed by atoms with van der Waals surface area (Å²) in [6.45, 7) is 6.79. The normalized spacial score (nSPS) is 10.7. The molecule has 0 bridgehead atoms. The van der Waals surface area contributed by atoms with Gasteiger partial charge in [0.25, 0.3) is 5.91 Å². The highest BCUT2D eigenvalue weighted by Gasteiger charge is 2.22. The van der Waals surface area contributed by atoms with Gasteiger partial charge in [0, 0.05) is 0 Å². The van der Waals surface area contributed by atoms with Gasteiger partial charge in [0.05, 0.1) is 10.4 Å². The first-order chi connectivity index (χ1) is 8.65. The number of nitrogens with two attached hydrogens (primary N) is 1. The number of carbonyl (C=O) groups is 2. The van der Waals surface area contributed by atoms with Crippen LogP contribution in [0.2, 0.25) is 0 Å². The number of anilines is 1. The van der Waals surface area contributed by atoms with Gasteiger partial charge in [0.2, 0.25) is 0 Å². The zero-order valence-electron chi connectivity index (χ0n) is 11.2. The number of amides is 2. The largest absolute Gasteiger partial charge is 0.444 e. The van der Waals surface area contributed by atoms with Gasteiger partial charge in [-0.25, -0.2) is 4.79 Å². The second-order valence-corrected chi connectivity index (χ2v) is 5.88. The Morgan fingerprint density at radius 3 is 2.42 bits per heavy atom. The average Bonchev–Trinajstić information content (AvgIpc) is 2.52. The molecule has 2 amide bonds. The Morgan fingerprint density at radius 2 is 2.00 bits per heavy atom. The smallest absolute Gasteiger partial charge is 0.412 e. The third-order valence-electron chi connectivity index (χ3n) is 2.10. The highest BCUT2D eigenvalue weighted by Crippen LogP contribution is 2.32. The summed E-state index contributed by atoms with van der Waals surface area (Å²) in [4.78, 5) is 23.1. The molecule has 0 aliphatic heterocycles. The molecule has 0 aliphatic rings. The van der Waals surface area contributed by atoms with Crippen LogP contribution in [0.1, 0.15) is 41.6 Å². The summed E-state index contributed by atoms with van der Waals surface area (Å²) in [5, 5.41) is 11.8. The van der Waals surface area contributed by atoms with E-state index in [0.717, 1.165) is 11.3 Å². The van der Waals surface area contributed by atoms with Gasteiger partial charge in [0.15, 0.2) is 0 Å². The van der Waals surface area contributed by atoms with Gasteiger partial charge in [-0.1, -0.05) is 0 Å². The molecule has 0 spiro atoms. The maximum absolute atomic E-state index is 11.6. The van der Waals surface area contributed by atoms with E-state index in [0.29, 0.717) is 5.56 Å². The molecule has 0 aliphatic carbocycles. The number of ether oxygens (including phenoxy) is 1. The van der Waals surface area contributed by atoms with Crippen molar-refractivity contribution in [2.24, 2.45) is 5.73 Å². The maximum Gasteiger partial charge on any atom is 0.412 e. The Hall–Kier alpha value is -2.07. The van der Waals surface area contributed by atoms with E-state index < -0.39 is 17.6 Å². The summed E-state index contributed by atoms with van der Waals surface area (Å²) in [5.41, 5.74) is 5.25. The Bertz CT molecular complexity index is 564. The summed E-state index contributed by atoms with van der Waals surface area (Å²) < 4.78 is 5.08. The lowest BCUT2D eigenvalue weighted by Gasteiger charge is -2.19. The first kappa shape index (κ1) is 15.0. The molecule has 1 rings (SSSR count). The number of nitrogens with zero attached hydrogens (tertiary/aromatic N) is 1. The minimum absolute atomic E-state index is 0.227. The van der Waals surface area contributed by atoms with Gasteiger partial charge in [-0.2, -0.15) is 5.26 Å². The van der Waals surface area contributed by atoms with Gasteiger partial charge in [-0.15, -0.1) is 11.3 Å². The predicted molar refractivity (Wildman–Crippen MR) is 72.1 cm³/mol. The number of hydrogen-bond acceptors (Lipinski definition) is 5. The van der Waals surface area contributed by atoms with Gasteiger partial charge in [0.1, 0.15) is 16.7 Å². The molecule has 7 heteroatoms. The summed E-state index contributed by atoms with van der Waals surface area (Å²) in [6, 6.07) is 1.94. The van der Waals surface area contributed by atoms with E-state index in [2.05, 4.69) is 5.32 Å². The summed E-state index contributed by atoms with van der Waals surface area (Å²) >= 11 is 0.964. The minimum atomic E-state index is -0.679. The van der Waals surface area contributed by atoms with E-state index in [4.69, 9.17) is 15.7 Å². The number of nitriles is 1. The molecule has 19 heavy (non-hydrogen) atoms. The van der Waals surface area contributed by atoms with Crippen LogP contribution in [0.4, 0.5) is 9.80 Å². The fraction of sp³-hybridized carbons (Fsp3) is 0.417. The lowest BCUT2D eigenvalue weighted by molar-refractivity contribution is 0.0636. The van der Waals surface area contributed by atoms with Crippen LogP contribution in [0.3, 0.4) is 0 Å². The van der Waals surface area contributed by atoms with Gasteiger partial charge in [-0.05, 0) is 33.3 Å². The van der Waals surface area contributed by atoms with E-state index in [1.165, 1.54) is 0 Å². The lowest BCUT2D eigenvalue weighted by atomic mass is 10.1. The molecular formula is C12H15N3O3S. The molecule has 0 radical (unpaired) electrons. The Labute approximate surface area is 115 Å². The Balaban J connectivity index is 3.03. The van der Waals surface area contributed by atoms with E-state index in [9.17, 15) is 9.59 Å². The van der Waals surface area contributed by atoms with E-state index in [-0.39, 0.29) is 15.4 Å². The van der Waals surface area contributed by atoms with Crippen molar-refractivity contribution in [1.82, 2.24) is 0 Å². The molecule has 0 unspecified atom stereocenters. The Kier molecular flexibility index (Phi) is 4.17. The van der Waals surface area contributed by atoms with Gasteiger partial charge in [-0.3, -0.25) is 10.1 Å². The van der Waals surface area contributed by atoms with Crippen LogP contribution in [-0.4, -0.2) is 17.6 Å². The number of primary amides is 1. The molecule has 3 N–H and O–H groups in total. The summed E-state index contributed by atoms with van der Waals surface area (Å²) in [7, 11) is 0. The van der Waals surface area contributed by atoms with Crippen LogP contribution in [-0.2, 0) is 4.74 Å². The predicted octanol–water partition coefficient (Wildman–Crippen LogP) is 2.37. The van der Waals surface area contributed by atoms with Crippen molar-refractivity contribution in [2.75, 3.05) is 5.32 Å².